The van der Waals surface area contributed by atoms with Crippen molar-refractivity contribution in [2.45, 2.75) is 6.92 Å². The molecule has 0 aliphatic heterocycles. The highest BCUT2D eigenvalue weighted by molar-refractivity contribution is 5.85. The summed E-state index contributed by atoms with van der Waals surface area (Å²) in [5.74, 6) is -1.21. The van der Waals surface area contributed by atoms with E-state index in [1.807, 2.05) is 0 Å². The van der Waals surface area contributed by atoms with Gasteiger partial charge in [-0.15, -0.1) is 0 Å². The Balaban J connectivity index is 0.000000211. The number of phenolic OH excluding ortho intramolecular Hbond substituents is 1. The molecule has 0 saturated heterocycles. The fourth-order valence-corrected chi connectivity index (χ4v) is 2.48. The number of hydrogen-bond donors (Lipinski definition) is 2. The van der Waals surface area contributed by atoms with Crippen LogP contribution in [0.25, 0.3) is 10.8 Å². The predicted molar refractivity (Wildman–Crippen MR) is 106 cm³/mol. The van der Waals surface area contributed by atoms with E-state index in [0.717, 1.165) is 6.54 Å². The van der Waals surface area contributed by atoms with Gasteiger partial charge >= 0.3 is 11.4 Å². The number of aromatic hydroxyl groups is 1. The number of nitrogens with one attached hydrogen (secondary N) is 1. The van der Waals surface area contributed by atoms with Crippen molar-refractivity contribution in [1.82, 2.24) is 0 Å². The second kappa shape index (κ2) is 9.08. The van der Waals surface area contributed by atoms with E-state index in [0.29, 0.717) is 12.1 Å². The molecule has 11 nitrogen and oxygen atoms in total. The summed E-state index contributed by atoms with van der Waals surface area (Å²) < 4.78 is 0. The average Bonchev–Trinajstić information content (AvgIpc) is 2.68. The smallest absolute Gasteiger partial charge is 0.324 e. The van der Waals surface area contributed by atoms with Crippen LogP contribution in [0, 0.1) is 30.3 Å². The Morgan fingerprint density at radius 3 is 1.86 bits per heavy atom. The number of non-ortho nitro benzene ring substituents is 1. The summed E-state index contributed by atoms with van der Waals surface area (Å²) in [6, 6.07) is 15.7. The van der Waals surface area contributed by atoms with Gasteiger partial charge in [0.1, 0.15) is 0 Å². The van der Waals surface area contributed by atoms with Crippen LogP contribution in [0.2, 0.25) is 0 Å². The van der Waals surface area contributed by atoms with Crippen LogP contribution in [0.15, 0.2) is 54.6 Å². The maximum absolute atomic E-state index is 10.4. The maximum Gasteiger partial charge on any atom is 0.324 e. The third kappa shape index (κ3) is 5.13. The van der Waals surface area contributed by atoms with Crippen molar-refractivity contribution in [2.24, 2.45) is 0 Å². The molecule has 0 bridgehead atoms. The molecule has 0 fully saturated rings. The van der Waals surface area contributed by atoms with Crippen LogP contribution in [-0.4, -0.2) is 26.4 Å². The number of phenols is 1. The van der Waals surface area contributed by atoms with E-state index in [-0.39, 0.29) is 0 Å². The number of nitrogens with zero attached hydrogens (tertiary/aromatic N) is 3. The van der Waals surface area contributed by atoms with E-state index in [1.165, 1.54) is 16.5 Å². The van der Waals surface area contributed by atoms with E-state index in [4.69, 9.17) is 5.11 Å². The molecule has 29 heavy (non-hydrogen) atoms. The van der Waals surface area contributed by atoms with Gasteiger partial charge in [0.25, 0.3) is 11.4 Å². The summed E-state index contributed by atoms with van der Waals surface area (Å²) in [6.45, 7) is 3.08. The maximum atomic E-state index is 10.4. The van der Waals surface area contributed by atoms with E-state index in [9.17, 15) is 30.3 Å². The number of nitro groups is 3. The van der Waals surface area contributed by atoms with Gasteiger partial charge in [-0.25, -0.2) is 0 Å². The van der Waals surface area contributed by atoms with Crippen LogP contribution < -0.4 is 5.32 Å². The zero-order valence-corrected chi connectivity index (χ0v) is 15.1. The minimum atomic E-state index is -1.21. The van der Waals surface area contributed by atoms with E-state index in [2.05, 4.69) is 54.7 Å². The number of rotatable bonds is 5. The van der Waals surface area contributed by atoms with Crippen molar-refractivity contribution in [3.63, 3.8) is 0 Å². The Labute approximate surface area is 163 Å². The van der Waals surface area contributed by atoms with Crippen molar-refractivity contribution in [1.29, 1.82) is 0 Å². The summed E-state index contributed by atoms with van der Waals surface area (Å²) in [7, 11) is 0. The van der Waals surface area contributed by atoms with Gasteiger partial charge in [0, 0.05) is 12.2 Å². The zero-order valence-electron chi connectivity index (χ0n) is 15.1. The highest BCUT2D eigenvalue weighted by atomic mass is 16.6. The SMILES string of the molecule is CCNc1ccc2ccccc2c1.O=[N+]([O-])c1cc([N+](=O)[O-])c(O)c([N+](=O)[O-])c1. The van der Waals surface area contributed by atoms with Crippen molar-refractivity contribution in [2.75, 3.05) is 11.9 Å². The fraction of sp³-hybridized carbons (Fsp3) is 0.111. The fourth-order valence-electron chi connectivity index (χ4n) is 2.48. The molecule has 3 aromatic carbocycles. The lowest BCUT2D eigenvalue weighted by Gasteiger charge is -2.04. The highest BCUT2D eigenvalue weighted by Crippen LogP contribution is 2.38. The average molecular weight is 400 g/mol. The largest absolute Gasteiger partial charge is 0.497 e. The summed E-state index contributed by atoms with van der Waals surface area (Å²) in [5.41, 5.74) is -1.81. The van der Waals surface area contributed by atoms with Crippen molar-refractivity contribution in [3.8, 4) is 5.75 Å². The summed E-state index contributed by atoms with van der Waals surface area (Å²) in [5, 5.41) is 46.1. The molecule has 0 unspecified atom stereocenters. The standard InChI is InChI=1S/C12H13N.C6H3N3O7/c1-2-13-12-8-7-10-5-3-4-6-11(10)9-12;10-6-4(8(13)14)1-3(7(11)12)2-5(6)9(15)16/h3-9,13H,2H2,1H3;1-2,10H. The third-order valence-corrected chi connectivity index (χ3v) is 3.79. The van der Waals surface area contributed by atoms with Gasteiger partial charge in [0.2, 0.25) is 0 Å². The van der Waals surface area contributed by atoms with E-state index < -0.39 is 37.6 Å². The number of hydrogen-bond acceptors (Lipinski definition) is 8. The first-order valence-corrected chi connectivity index (χ1v) is 8.27. The summed E-state index contributed by atoms with van der Waals surface area (Å²) in [6.07, 6.45) is 0. The van der Waals surface area contributed by atoms with Gasteiger partial charge in [0.05, 0.1) is 26.9 Å². The molecule has 0 saturated carbocycles. The van der Waals surface area contributed by atoms with Gasteiger partial charge in [-0.2, -0.15) is 0 Å². The monoisotopic (exact) mass is 400 g/mol. The number of nitro benzene ring substituents is 3. The first-order valence-electron chi connectivity index (χ1n) is 8.27. The lowest BCUT2D eigenvalue weighted by Crippen LogP contribution is -1.97. The molecule has 11 heteroatoms. The van der Waals surface area contributed by atoms with Crippen molar-refractivity contribution in [3.05, 3.63) is 84.9 Å². The van der Waals surface area contributed by atoms with Crippen LogP contribution >= 0.6 is 0 Å². The molecular weight excluding hydrogens is 384 g/mol. The Kier molecular flexibility index (Phi) is 6.58. The molecule has 0 radical (unpaired) electrons. The van der Waals surface area contributed by atoms with Gasteiger partial charge < -0.3 is 10.4 Å². The summed E-state index contributed by atoms with van der Waals surface area (Å²) in [4.78, 5) is 27.8. The Morgan fingerprint density at radius 1 is 0.828 bits per heavy atom. The second-order valence-corrected chi connectivity index (χ2v) is 5.70. The third-order valence-electron chi connectivity index (χ3n) is 3.79. The molecule has 0 aliphatic carbocycles. The molecule has 3 aromatic rings. The van der Waals surface area contributed by atoms with Gasteiger partial charge in [0.15, 0.2) is 0 Å². The number of anilines is 1. The van der Waals surface area contributed by atoms with Crippen LogP contribution in [-0.2, 0) is 0 Å². The molecule has 2 N–H and O–H groups in total. The van der Waals surface area contributed by atoms with E-state index >= 15 is 0 Å². The Bertz CT molecular complexity index is 1050. The molecule has 3 rings (SSSR count). The normalized spacial score (nSPS) is 9.97. The Morgan fingerprint density at radius 2 is 1.38 bits per heavy atom. The molecule has 0 spiro atoms. The molecule has 150 valence electrons. The molecule has 0 aromatic heterocycles. The van der Waals surface area contributed by atoms with Gasteiger partial charge in [-0.3, -0.25) is 30.3 Å². The topological polar surface area (TPSA) is 162 Å². The molecule has 0 aliphatic rings. The van der Waals surface area contributed by atoms with Gasteiger partial charge in [-0.1, -0.05) is 30.3 Å². The molecule has 0 atom stereocenters. The second-order valence-electron chi connectivity index (χ2n) is 5.70. The number of fused-ring (bicyclic) bond motifs is 1. The van der Waals surface area contributed by atoms with E-state index in [1.54, 1.807) is 0 Å². The van der Waals surface area contributed by atoms with Crippen molar-refractivity contribution < 1.29 is 19.9 Å². The lowest BCUT2D eigenvalue weighted by molar-refractivity contribution is -0.404. The van der Waals surface area contributed by atoms with Crippen LogP contribution in [0.1, 0.15) is 6.92 Å². The number of benzene rings is 3. The molecular formula is C18H16N4O7. The van der Waals surface area contributed by atoms with Gasteiger partial charge in [-0.05, 0) is 29.8 Å². The zero-order chi connectivity index (χ0) is 21.6. The first-order chi connectivity index (χ1) is 13.7. The minimum absolute atomic E-state index is 0.447. The Hall–Kier alpha value is -4.28. The van der Waals surface area contributed by atoms with Crippen LogP contribution in [0.4, 0.5) is 22.7 Å². The summed E-state index contributed by atoms with van der Waals surface area (Å²) >= 11 is 0. The lowest BCUT2D eigenvalue weighted by atomic mass is 10.1. The molecule has 0 heterocycles. The first kappa shape index (κ1) is 21.0. The highest BCUT2D eigenvalue weighted by Gasteiger charge is 2.30. The molecule has 0 amide bonds. The minimum Gasteiger partial charge on any atom is -0.497 e. The predicted octanol–water partition coefficient (Wildman–Crippen LogP) is 4.39. The van der Waals surface area contributed by atoms with Crippen molar-refractivity contribution >= 4 is 33.5 Å². The quantitative estimate of drug-likeness (QED) is 0.470. The van der Waals surface area contributed by atoms with Crippen LogP contribution in [0.3, 0.4) is 0 Å². The van der Waals surface area contributed by atoms with Crippen LogP contribution in [0.5, 0.6) is 5.75 Å².